The first-order valence-corrected chi connectivity index (χ1v) is 11.0. The smallest absolute Gasteiger partial charge is 0.407 e. The van der Waals surface area contributed by atoms with Gasteiger partial charge in [-0.2, -0.15) is 9.61 Å². The number of halogens is 1. The van der Waals surface area contributed by atoms with E-state index in [9.17, 15) is 14.3 Å². The van der Waals surface area contributed by atoms with E-state index >= 15 is 0 Å². The van der Waals surface area contributed by atoms with Gasteiger partial charge in [0.2, 0.25) is 10.8 Å². The fourth-order valence-electron chi connectivity index (χ4n) is 3.85. The van der Waals surface area contributed by atoms with E-state index in [2.05, 4.69) is 20.3 Å². The second-order valence-corrected chi connectivity index (χ2v) is 9.67. The topological polar surface area (TPSA) is 92.0 Å². The Morgan fingerprint density at radius 2 is 2.10 bits per heavy atom. The van der Waals surface area contributed by atoms with Crippen molar-refractivity contribution in [1.29, 1.82) is 0 Å². The van der Waals surface area contributed by atoms with E-state index in [0.29, 0.717) is 35.8 Å². The molecule has 0 radical (unpaired) electrons. The van der Waals surface area contributed by atoms with Gasteiger partial charge in [0.1, 0.15) is 17.7 Å². The highest BCUT2D eigenvalue weighted by Crippen LogP contribution is 2.40. The highest BCUT2D eigenvalue weighted by Gasteiger charge is 2.33. The minimum Gasteiger partial charge on any atom is -0.492 e. The van der Waals surface area contributed by atoms with Crippen molar-refractivity contribution in [2.45, 2.75) is 51.3 Å². The highest BCUT2D eigenvalue weighted by atomic mass is 32.1. The molecule has 0 saturated carbocycles. The van der Waals surface area contributed by atoms with Crippen LogP contribution in [0, 0.1) is 5.82 Å². The number of nitrogens with one attached hydrogen (secondary N) is 1. The summed E-state index contributed by atoms with van der Waals surface area (Å²) < 4.78 is 20.8. The second kappa shape index (κ2) is 8.43. The molecule has 1 aromatic carbocycles. The zero-order valence-corrected chi connectivity index (χ0v) is 18.5. The Morgan fingerprint density at radius 1 is 1.35 bits per heavy atom. The van der Waals surface area contributed by atoms with Gasteiger partial charge in [-0.05, 0) is 51.3 Å². The molecular weight excluding hydrogens is 421 g/mol. The van der Waals surface area contributed by atoms with Crippen molar-refractivity contribution in [3.63, 3.8) is 0 Å². The van der Waals surface area contributed by atoms with Crippen molar-refractivity contribution in [1.82, 2.24) is 24.8 Å². The molecule has 4 rings (SSSR count). The average molecular weight is 448 g/mol. The largest absolute Gasteiger partial charge is 0.492 e. The van der Waals surface area contributed by atoms with E-state index in [-0.39, 0.29) is 23.8 Å². The molecule has 0 bridgehead atoms. The molecule has 3 aromatic rings. The highest BCUT2D eigenvalue weighted by molar-refractivity contribution is 7.17. The molecule has 2 N–H and O–H groups in total. The number of rotatable bonds is 4. The molecule has 2 aromatic heterocycles. The Kier molecular flexibility index (Phi) is 5.85. The standard InChI is InChI=1S/C21H26FN5O3S/c1-21(2,3)30-20(29)25-15-7-9-26(10-8-15)16(13-5-4-6-14(22)11-13)17-18(28)27-19(31-17)23-12-24-27/h4-6,11-12,15-16,28H,7-10H2,1-3H3,(H,25,29)/t16-/m0/s1. The Bertz CT molecular complexity index is 1070. The van der Waals surface area contributed by atoms with Crippen molar-refractivity contribution in [2.75, 3.05) is 13.1 Å². The molecule has 1 saturated heterocycles. The molecule has 1 fully saturated rings. The van der Waals surface area contributed by atoms with Crippen molar-refractivity contribution in [3.8, 4) is 5.88 Å². The summed E-state index contributed by atoms with van der Waals surface area (Å²) in [6.45, 7) is 6.82. The molecule has 0 aliphatic carbocycles. The number of carbonyl (C=O) groups excluding carboxylic acids is 1. The number of hydrogen-bond donors (Lipinski definition) is 2. The predicted octanol–water partition coefficient (Wildman–Crippen LogP) is 3.71. The van der Waals surface area contributed by atoms with E-state index < -0.39 is 11.7 Å². The minimum absolute atomic E-state index is 0.00447. The SMILES string of the molecule is CC(C)(C)OC(=O)NC1CCN([C@@H](c2cccc(F)c2)c2sc3ncnn3c2O)CC1. The summed E-state index contributed by atoms with van der Waals surface area (Å²) >= 11 is 1.34. The molecular formula is C21H26FN5O3S. The van der Waals surface area contributed by atoms with Gasteiger partial charge in [-0.15, -0.1) is 0 Å². The number of aromatic hydroxyl groups is 1. The van der Waals surface area contributed by atoms with Crippen LogP contribution in [0.4, 0.5) is 9.18 Å². The van der Waals surface area contributed by atoms with Gasteiger partial charge in [0, 0.05) is 19.1 Å². The van der Waals surface area contributed by atoms with Gasteiger partial charge in [-0.3, -0.25) is 4.90 Å². The van der Waals surface area contributed by atoms with Crippen LogP contribution in [0.1, 0.15) is 50.1 Å². The number of fused-ring (bicyclic) bond motifs is 1. The number of hydrogen-bond acceptors (Lipinski definition) is 7. The van der Waals surface area contributed by atoms with Crippen LogP contribution in [0.5, 0.6) is 5.88 Å². The summed E-state index contributed by atoms with van der Waals surface area (Å²) in [5.41, 5.74) is 0.202. The molecule has 1 aliphatic heterocycles. The lowest BCUT2D eigenvalue weighted by molar-refractivity contribution is 0.0472. The maximum absolute atomic E-state index is 14.0. The van der Waals surface area contributed by atoms with Crippen molar-refractivity contribution in [3.05, 3.63) is 46.9 Å². The number of ether oxygens (including phenoxy) is 1. The van der Waals surface area contributed by atoms with Gasteiger partial charge in [-0.25, -0.2) is 14.2 Å². The Balaban J connectivity index is 1.54. The van der Waals surface area contributed by atoms with E-state index in [1.165, 1.54) is 34.3 Å². The van der Waals surface area contributed by atoms with Crippen molar-refractivity contribution >= 4 is 22.4 Å². The average Bonchev–Trinajstić information content (AvgIpc) is 3.26. The summed E-state index contributed by atoms with van der Waals surface area (Å²) in [4.78, 5) is 19.7. The van der Waals surface area contributed by atoms with Crippen LogP contribution >= 0.6 is 11.3 Å². The lowest BCUT2D eigenvalue weighted by Gasteiger charge is -2.37. The molecule has 8 nitrogen and oxygen atoms in total. The summed E-state index contributed by atoms with van der Waals surface area (Å²) in [6.07, 6.45) is 2.40. The van der Waals surface area contributed by atoms with Crippen LogP contribution in [-0.2, 0) is 4.74 Å². The number of benzene rings is 1. The number of amides is 1. The number of thiazole rings is 1. The van der Waals surface area contributed by atoms with Crippen molar-refractivity contribution in [2.24, 2.45) is 0 Å². The van der Waals surface area contributed by atoms with Crippen LogP contribution in [0.2, 0.25) is 0 Å². The fourth-order valence-corrected chi connectivity index (χ4v) is 4.94. The van der Waals surface area contributed by atoms with Gasteiger partial charge < -0.3 is 15.2 Å². The Hall–Kier alpha value is -2.72. The fraction of sp³-hybridized carbons (Fsp3) is 0.476. The first-order valence-electron chi connectivity index (χ1n) is 10.2. The molecule has 1 aliphatic rings. The molecule has 0 unspecified atom stereocenters. The lowest BCUT2D eigenvalue weighted by Crippen LogP contribution is -2.47. The summed E-state index contributed by atoms with van der Waals surface area (Å²) in [5, 5.41) is 17.8. The first kappa shape index (κ1) is 21.5. The maximum Gasteiger partial charge on any atom is 0.407 e. The Labute approximate surface area is 183 Å². The van der Waals surface area contributed by atoms with Gasteiger partial charge in [0.15, 0.2) is 0 Å². The number of alkyl carbamates (subject to hydrolysis) is 1. The van der Waals surface area contributed by atoms with E-state index in [4.69, 9.17) is 4.74 Å². The van der Waals surface area contributed by atoms with Crippen molar-refractivity contribution < 1.29 is 19.0 Å². The van der Waals surface area contributed by atoms with E-state index in [1.807, 2.05) is 26.8 Å². The van der Waals surface area contributed by atoms with Crippen LogP contribution in [-0.4, -0.2) is 55.4 Å². The number of carbonyl (C=O) groups is 1. The Morgan fingerprint density at radius 3 is 2.74 bits per heavy atom. The van der Waals surface area contributed by atoms with Gasteiger partial charge in [-0.1, -0.05) is 23.5 Å². The van der Waals surface area contributed by atoms with Gasteiger partial charge in [0.05, 0.1) is 10.9 Å². The van der Waals surface area contributed by atoms with Crippen LogP contribution in [0.3, 0.4) is 0 Å². The number of aromatic nitrogens is 3. The van der Waals surface area contributed by atoms with Crippen LogP contribution in [0.25, 0.3) is 4.96 Å². The third-order valence-corrected chi connectivity index (χ3v) is 6.25. The van der Waals surface area contributed by atoms with E-state index in [0.717, 1.165) is 5.56 Å². The number of piperidine rings is 1. The third-order valence-electron chi connectivity index (χ3n) is 5.17. The lowest BCUT2D eigenvalue weighted by atomic mass is 9.98. The zero-order valence-electron chi connectivity index (χ0n) is 17.7. The molecule has 0 spiro atoms. The monoisotopic (exact) mass is 447 g/mol. The van der Waals surface area contributed by atoms with E-state index in [1.54, 1.807) is 6.07 Å². The third kappa shape index (κ3) is 4.80. The number of nitrogens with zero attached hydrogens (tertiary/aromatic N) is 4. The quantitative estimate of drug-likeness (QED) is 0.634. The first-order chi connectivity index (χ1) is 14.7. The molecule has 3 heterocycles. The molecule has 10 heteroatoms. The zero-order chi connectivity index (χ0) is 22.2. The number of likely N-dealkylation sites (tertiary alicyclic amines) is 1. The molecule has 1 atom stereocenters. The predicted molar refractivity (Wildman–Crippen MR) is 115 cm³/mol. The summed E-state index contributed by atoms with van der Waals surface area (Å²) in [5.74, 6) is -0.316. The molecule has 1 amide bonds. The van der Waals surface area contributed by atoms with Crippen LogP contribution < -0.4 is 5.32 Å². The maximum atomic E-state index is 14.0. The molecule has 166 valence electrons. The second-order valence-electron chi connectivity index (χ2n) is 8.66. The van der Waals surface area contributed by atoms with Gasteiger partial charge in [0.25, 0.3) is 0 Å². The molecule has 31 heavy (non-hydrogen) atoms. The van der Waals surface area contributed by atoms with Gasteiger partial charge >= 0.3 is 6.09 Å². The minimum atomic E-state index is -0.546. The summed E-state index contributed by atoms with van der Waals surface area (Å²) in [6, 6.07) is 6.07. The normalized spacial score (nSPS) is 17.0. The summed E-state index contributed by atoms with van der Waals surface area (Å²) in [7, 11) is 0. The van der Waals surface area contributed by atoms with Crippen LogP contribution in [0.15, 0.2) is 30.6 Å².